The molecule has 94 valence electrons. The predicted molar refractivity (Wildman–Crippen MR) is 64.3 cm³/mol. The van der Waals surface area contributed by atoms with Crippen LogP contribution in [-0.2, 0) is 14.6 Å². The number of rotatable bonds is 5. The quantitative estimate of drug-likeness (QED) is 0.755. The molecule has 16 heavy (non-hydrogen) atoms. The molecule has 0 aromatic heterocycles. The van der Waals surface area contributed by atoms with E-state index in [4.69, 9.17) is 11.6 Å². The Bertz CT molecular complexity index is 342. The highest BCUT2D eigenvalue weighted by Gasteiger charge is 2.33. The van der Waals surface area contributed by atoms with E-state index < -0.39 is 9.84 Å². The second kappa shape index (κ2) is 5.87. The lowest BCUT2D eigenvalue weighted by molar-refractivity contribution is -0.124. The van der Waals surface area contributed by atoms with Crippen molar-refractivity contribution in [2.75, 3.05) is 17.4 Å². The van der Waals surface area contributed by atoms with Crippen LogP contribution < -0.4 is 5.32 Å². The number of sulfone groups is 1. The normalized spacial score (nSPS) is 25.2. The fourth-order valence-electron chi connectivity index (χ4n) is 1.82. The number of carbonyl (C=O) groups excluding carboxylic acids is 1. The molecule has 0 aromatic rings. The van der Waals surface area contributed by atoms with Gasteiger partial charge >= 0.3 is 0 Å². The summed E-state index contributed by atoms with van der Waals surface area (Å²) in [6.07, 6.45) is 2.14. The number of alkyl halides is 1. The van der Waals surface area contributed by atoms with Crippen molar-refractivity contribution in [3.63, 3.8) is 0 Å². The van der Waals surface area contributed by atoms with Crippen LogP contribution in [0.1, 0.15) is 26.2 Å². The summed E-state index contributed by atoms with van der Waals surface area (Å²) in [6, 6.07) is 0.0644. The number of amides is 1. The van der Waals surface area contributed by atoms with Crippen LogP contribution in [0.4, 0.5) is 0 Å². The largest absolute Gasteiger partial charge is 0.353 e. The first kappa shape index (κ1) is 13.8. The molecule has 0 aliphatic carbocycles. The molecule has 6 heteroatoms. The number of hydrogen-bond acceptors (Lipinski definition) is 3. The second-order valence-corrected chi connectivity index (χ2v) is 6.95. The van der Waals surface area contributed by atoms with Gasteiger partial charge in [0.15, 0.2) is 9.84 Å². The van der Waals surface area contributed by atoms with Crippen molar-refractivity contribution in [1.82, 2.24) is 5.32 Å². The number of halogens is 1. The van der Waals surface area contributed by atoms with Gasteiger partial charge in [-0.3, -0.25) is 4.79 Å². The van der Waals surface area contributed by atoms with E-state index in [2.05, 4.69) is 5.32 Å². The molecule has 2 atom stereocenters. The first-order chi connectivity index (χ1) is 7.44. The van der Waals surface area contributed by atoms with Gasteiger partial charge in [-0.25, -0.2) is 8.42 Å². The average Bonchev–Trinajstić information content (AvgIpc) is 2.56. The predicted octanol–water partition coefficient (Wildman–Crippen LogP) is 0.945. The first-order valence-corrected chi connectivity index (χ1v) is 7.87. The minimum absolute atomic E-state index is 0.00105. The van der Waals surface area contributed by atoms with Crippen LogP contribution in [-0.4, -0.2) is 37.8 Å². The molecule has 1 N–H and O–H groups in total. The van der Waals surface area contributed by atoms with Crippen LogP contribution in [0.15, 0.2) is 0 Å². The molecule has 2 unspecified atom stereocenters. The average molecular weight is 268 g/mol. The summed E-state index contributed by atoms with van der Waals surface area (Å²) in [4.78, 5) is 11.7. The summed E-state index contributed by atoms with van der Waals surface area (Å²) in [7, 11) is -2.98. The van der Waals surface area contributed by atoms with Crippen LogP contribution in [0.2, 0.25) is 0 Å². The van der Waals surface area contributed by atoms with Crippen molar-refractivity contribution >= 4 is 27.3 Å². The van der Waals surface area contributed by atoms with Gasteiger partial charge in [0.25, 0.3) is 0 Å². The fraction of sp³-hybridized carbons (Fsp3) is 0.900. The zero-order chi connectivity index (χ0) is 12.2. The Morgan fingerprint density at radius 1 is 1.56 bits per heavy atom. The SMILES string of the molecule is CC(CCCCl)NC(=O)C1CCS(=O)(=O)C1. The van der Waals surface area contributed by atoms with Crippen molar-refractivity contribution in [3.8, 4) is 0 Å². The Hall–Kier alpha value is -0.290. The molecule has 4 nitrogen and oxygen atoms in total. The molecule has 1 amide bonds. The van der Waals surface area contributed by atoms with Crippen molar-refractivity contribution in [2.45, 2.75) is 32.2 Å². The Labute approximate surface area is 102 Å². The fourth-order valence-corrected chi connectivity index (χ4v) is 3.71. The van der Waals surface area contributed by atoms with Crippen LogP contribution in [0.25, 0.3) is 0 Å². The number of carbonyl (C=O) groups is 1. The van der Waals surface area contributed by atoms with Crippen molar-refractivity contribution in [3.05, 3.63) is 0 Å². The molecular formula is C10H18ClNO3S. The molecule has 0 saturated carbocycles. The lowest BCUT2D eigenvalue weighted by atomic mass is 10.1. The maximum atomic E-state index is 11.7. The van der Waals surface area contributed by atoms with Gasteiger partial charge in [0.2, 0.25) is 5.91 Å². The van der Waals surface area contributed by atoms with Gasteiger partial charge in [-0.2, -0.15) is 0 Å². The zero-order valence-corrected chi connectivity index (χ0v) is 11.0. The van der Waals surface area contributed by atoms with Crippen molar-refractivity contribution in [1.29, 1.82) is 0 Å². The van der Waals surface area contributed by atoms with E-state index in [1.807, 2.05) is 6.92 Å². The topological polar surface area (TPSA) is 63.2 Å². The zero-order valence-electron chi connectivity index (χ0n) is 9.41. The van der Waals surface area contributed by atoms with E-state index in [-0.39, 0.29) is 29.4 Å². The highest BCUT2D eigenvalue weighted by Crippen LogP contribution is 2.18. The molecule has 1 aliphatic rings. The molecule has 1 rings (SSSR count). The van der Waals surface area contributed by atoms with Crippen LogP contribution >= 0.6 is 11.6 Å². The minimum atomic E-state index is -2.98. The molecular weight excluding hydrogens is 250 g/mol. The standard InChI is InChI=1S/C10H18ClNO3S/c1-8(3-2-5-11)12-10(13)9-4-6-16(14,15)7-9/h8-9H,2-7H2,1H3,(H,12,13). The maximum Gasteiger partial charge on any atom is 0.224 e. The van der Waals surface area contributed by atoms with Crippen molar-refractivity contribution in [2.24, 2.45) is 5.92 Å². The number of hydrogen-bond donors (Lipinski definition) is 1. The Kier molecular flexibility index (Phi) is 5.05. The molecule has 1 aliphatic heterocycles. The third-order valence-corrected chi connectivity index (χ3v) is 4.80. The van der Waals surface area contributed by atoms with Gasteiger partial charge in [-0.15, -0.1) is 11.6 Å². The molecule has 0 aromatic carbocycles. The molecule has 1 heterocycles. The Balaban J connectivity index is 2.36. The molecule has 0 spiro atoms. The minimum Gasteiger partial charge on any atom is -0.353 e. The van der Waals surface area contributed by atoms with Crippen LogP contribution in [0, 0.1) is 5.92 Å². The van der Waals surface area contributed by atoms with Gasteiger partial charge in [-0.1, -0.05) is 0 Å². The van der Waals surface area contributed by atoms with E-state index in [1.165, 1.54) is 0 Å². The summed E-state index contributed by atoms with van der Waals surface area (Å²) in [5.41, 5.74) is 0. The molecule has 1 saturated heterocycles. The van der Waals surface area contributed by atoms with Gasteiger partial charge in [0, 0.05) is 11.9 Å². The summed E-state index contributed by atoms with van der Waals surface area (Å²) < 4.78 is 22.4. The number of nitrogens with one attached hydrogen (secondary N) is 1. The van der Waals surface area contributed by atoms with Gasteiger partial charge in [0.05, 0.1) is 17.4 Å². The molecule has 1 fully saturated rings. The second-order valence-electron chi connectivity index (χ2n) is 4.34. The Morgan fingerprint density at radius 3 is 2.75 bits per heavy atom. The third-order valence-electron chi connectivity index (χ3n) is 2.76. The smallest absolute Gasteiger partial charge is 0.224 e. The summed E-state index contributed by atoms with van der Waals surface area (Å²) >= 11 is 5.55. The maximum absolute atomic E-state index is 11.7. The Morgan fingerprint density at radius 2 is 2.25 bits per heavy atom. The lowest BCUT2D eigenvalue weighted by Crippen LogP contribution is -2.37. The molecule has 0 bridgehead atoms. The van der Waals surface area contributed by atoms with E-state index in [1.54, 1.807) is 0 Å². The summed E-state index contributed by atoms with van der Waals surface area (Å²) in [5.74, 6) is 0.229. The van der Waals surface area contributed by atoms with E-state index in [0.29, 0.717) is 12.3 Å². The van der Waals surface area contributed by atoms with Crippen LogP contribution in [0.3, 0.4) is 0 Å². The van der Waals surface area contributed by atoms with Gasteiger partial charge in [0.1, 0.15) is 0 Å². The van der Waals surface area contributed by atoms with E-state index >= 15 is 0 Å². The van der Waals surface area contributed by atoms with E-state index in [9.17, 15) is 13.2 Å². The van der Waals surface area contributed by atoms with Gasteiger partial charge < -0.3 is 5.32 Å². The first-order valence-electron chi connectivity index (χ1n) is 5.51. The summed E-state index contributed by atoms with van der Waals surface area (Å²) in [6.45, 7) is 1.91. The lowest BCUT2D eigenvalue weighted by Gasteiger charge is -2.15. The third kappa shape index (κ3) is 4.29. The van der Waals surface area contributed by atoms with E-state index in [0.717, 1.165) is 12.8 Å². The van der Waals surface area contributed by atoms with Crippen molar-refractivity contribution < 1.29 is 13.2 Å². The monoisotopic (exact) mass is 267 g/mol. The highest BCUT2D eigenvalue weighted by molar-refractivity contribution is 7.91. The summed E-state index contributed by atoms with van der Waals surface area (Å²) in [5, 5.41) is 2.83. The van der Waals surface area contributed by atoms with Gasteiger partial charge in [-0.05, 0) is 26.2 Å². The highest BCUT2D eigenvalue weighted by atomic mass is 35.5. The molecule has 0 radical (unpaired) electrons. The van der Waals surface area contributed by atoms with Crippen LogP contribution in [0.5, 0.6) is 0 Å².